The lowest BCUT2D eigenvalue weighted by Crippen LogP contribution is -2.44. The Hall–Kier alpha value is -3.11. The molecule has 0 aliphatic carbocycles. The minimum Gasteiger partial charge on any atom is -0.481 e. The van der Waals surface area contributed by atoms with E-state index in [1.54, 1.807) is 12.3 Å². The van der Waals surface area contributed by atoms with Gasteiger partial charge in [-0.15, -0.1) is 0 Å². The van der Waals surface area contributed by atoms with Gasteiger partial charge in [0.05, 0.1) is 25.3 Å². The zero-order chi connectivity index (χ0) is 27.1. The quantitative estimate of drug-likeness (QED) is 0.379. The number of carboxylic acid groups (broad SMARTS) is 1. The summed E-state index contributed by atoms with van der Waals surface area (Å²) in [6.07, 6.45) is 7.91. The number of carbonyl (C=O) groups excluding carboxylic acids is 1. The largest absolute Gasteiger partial charge is 0.481 e. The summed E-state index contributed by atoms with van der Waals surface area (Å²) in [5.41, 5.74) is 1.32. The number of carbonyl (C=O) groups is 2. The number of carboxylic acids is 1. The number of likely N-dealkylation sites (tertiary alicyclic amines) is 1. The number of unbranched alkanes of at least 4 members (excludes halogenated alkanes) is 2. The highest BCUT2D eigenvalue weighted by Gasteiger charge is 2.47. The van der Waals surface area contributed by atoms with Crippen molar-refractivity contribution in [3.05, 3.63) is 41.6 Å². The molecule has 1 aromatic heterocycles. The maximum absolute atomic E-state index is 13.5. The first-order valence-corrected chi connectivity index (χ1v) is 13.6. The van der Waals surface area contributed by atoms with Gasteiger partial charge in [0.15, 0.2) is 17.4 Å². The summed E-state index contributed by atoms with van der Waals surface area (Å²) in [5.74, 6) is -0.497. The van der Waals surface area contributed by atoms with Crippen molar-refractivity contribution in [1.82, 2.24) is 14.8 Å². The van der Waals surface area contributed by atoms with Gasteiger partial charge in [0, 0.05) is 43.6 Å². The van der Waals surface area contributed by atoms with Crippen LogP contribution >= 0.6 is 0 Å². The van der Waals surface area contributed by atoms with Crippen LogP contribution in [0, 0.1) is 5.92 Å². The van der Waals surface area contributed by atoms with Crippen LogP contribution < -0.4 is 9.47 Å². The molecule has 0 saturated carbocycles. The van der Waals surface area contributed by atoms with Crippen molar-refractivity contribution >= 4 is 11.9 Å². The molecule has 4 rings (SSSR count). The Bertz CT molecular complexity index is 1070. The molecule has 0 unspecified atom stereocenters. The van der Waals surface area contributed by atoms with Gasteiger partial charge >= 0.3 is 5.97 Å². The van der Waals surface area contributed by atoms with E-state index in [9.17, 15) is 19.8 Å². The summed E-state index contributed by atoms with van der Waals surface area (Å²) >= 11 is 0. The van der Waals surface area contributed by atoms with Gasteiger partial charge < -0.3 is 29.0 Å². The molecule has 2 aliphatic rings. The Morgan fingerprint density at radius 3 is 2.55 bits per heavy atom. The molecule has 0 radical (unpaired) electrons. The number of amides is 1. The Balaban J connectivity index is 1.62. The van der Waals surface area contributed by atoms with E-state index < -0.39 is 23.8 Å². The monoisotopic (exact) mass is 529 g/mol. The van der Waals surface area contributed by atoms with Gasteiger partial charge in [0.25, 0.3) is 0 Å². The van der Waals surface area contributed by atoms with Gasteiger partial charge in [-0.2, -0.15) is 0 Å². The van der Waals surface area contributed by atoms with E-state index in [-0.39, 0.29) is 25.9 Å². The third kappa shape index (κ3) is 6.30. The second kappa shape index (κ2) is 13.1. The molecule has 1 aromatic carbocycles. The standard InChI is InChI=1S/C28H39N3O7/c1-3-5-10-30(11-6-4-2)25(33)16-31-15-21(19-13-20(17-32)27-23(14-19)37-18-38-27)26(28(34)35)22(31)7-8-24-29-9-12-36-24/h9,12-14,21-22,26,32H,3-8,10-11,15-18H2,1-2H3,(H,34,35)/t21-,22+,26-/m1/s1. The van der Waals surface area contributed by atoms with Crippen molar-refractivity contribution in [2.24, 2.45) is 5.92 Å². The van der Waals surface area contributed by atoms with Crippen LogP contribution in [0.1, 0.15) is 68.9 Å². The average molecular weight is 530 g/mol. The number of hydrogen-bond acceptors (Lipinski definition) is 8. The molecule has 1 saturated heterocycles. The van der Waals surface area contributed by atoms with Gasteiger partial charge in [0.1, 0.15) is 6.26 Å². The molecule has 1 amide bonds. The molecule has 2 N–H and O–H groups in total. The van der Waals surface area contributed by atoms with Crippen molar-refractivity contribution in [3.63, 3.8) is 0 Å². The fourth-order valence-electron chi connectivity index (χ4n) is 5.61. The van der Waals surface area contributed by atoms with Crippen LogP contribution in [0.3, 0.4) is 0 Å². The number of aliphatic hydroxyl groups excluding tert-OH is 1. The summed E-state index contributed by atoms with van der Waals surface area (Å²) < 4.78 is 16.5. The average Bonchev–Trinajstić information content (AvgIpc) is 3.67. The number of ether oxygens (including phenoxy) is 2. The highest BCUT2D eigenvalue weighted by molar-refractivity contribution is 5.79. The fourth-order valence-corrected chi connectivity index (χ4v) is 5.61. The lowest BCUT2D eigenvalue weighted by molar-refractivity contribution is -0.143. The normalized spacial score (nSPS) is 20.7. The molecular weight excluding hydrogens is 490 g/mol. The highest BCUT2D eigenvalue weighted by atomic mass is 16.7. The fraction of sp³-hybridized carbons (Fsp3) is 0.607. The number of oxazole rings is 1. The minimum absolute atomic E-state index is 0.0274. The molecule has 2 aliphatic heterocycles. The topological polar surface area (TPSA) is 126 Å². The number of nitrogens with zero attached hydrogens (tertiary/aromatic N) is 3. The van der Waals surface area contributed by atoms with E-state index >= 15 is 0 Å². The Morgan fingerprint density at radius 2 is 1.92 bits per heavy atom. The maximum atomic E-state index is 13.5. The first kappa shape index (κ1) is 27.9. The van der Waals surface area contributed by atoms with Gasteiger partial charge in [-0.25, -0.2) is 4.98 Å². The first-order chi connectivity index (χ1) is 18.5. The number of hydrogen-bond donors (Lipinski definition) is 2. The highest BCUT2D eigenvalue weighted by Crippen LogP contribution is 2.44. The SMILES string of the molecule is CCCCN(CCCC)C(=O)CN1C[C@H](c2cc(CO)c3c(c2)OCO3)[C@@H](C(=O)O)[C@@H]1CCc1ncco1. The molecule has 10 nitrogen and oxygen atoms in total. The van der Waals surface area contributed by atoms with Crippen molar-refractivity contribution in [3.8, 4) is 11.5 Å². The summed E-state index contributed by atoms with van der Waals surface area (Å²) in [6, 6.07) is 3.22. The van der Waals surface area contributed by atoms with Gasteiger partial charge in [-0.1, -0.05) is 26.7 Å². The molecule has 3 atom stereocenters. The molecule has 1 fully saturated rings. The third-order valence-electron chi connectivity index (χ3n) is 7.60. The maximum Gasteiger partial charge on any atom is 0.308 e. The molecule has 208 valence electrons. The number of aliphatic carboxylic acids is 1. The lowest BCUT2D eigenvalue weighted by Gasteiger charge is -2.29. The molecule has 2 aromatic rings. The van der Waals surface area contributed by atoms with E-state index in [1.807, 2.05) is 15.9 Å². The van der Waals surface area contributed by atoms with Crippen LogP contribution in [0.2, 0.25) is 0 Å². The van der Waals surface area contributed by atoms with Gasteiger partial charge in [0.2, 0.25) is 12.7 Å². The molecular formula is C28H39N3O7. The van der Waals surface area contributed by atoms with Crippen molar-refractivity contribution in [1.29, 1.82) is 0 Å². The molecule has 10 heteroatoms. The van der Waals surface area contributed by atoms with E-state index in [0.29, 0.717) is 55.4 Å². The Labute approximate surface area is 223 Å². The van der Waals surface area contributed by atoms with Gasteiger partial charge in [-0.05, 0) is 37.0 Å². The molecule has 3 heterocycles. The van der Waals surface area contributed by atoms with Crippen LogP contribution in [-0.4, -0.2) is 75.9 Å². The van der Waals surface area contributed by atoms with E-state index in [4.69, 9.17) is 13.9 Å². The predicted molar refractivity (Wildman–Crippen MR) is 139 cm³/mol. The zero-order valence-corrected chi connectivity index (χ0v) is 22.3. The Kier molecular flexibility index (Phi) is 9.63. The second-order valence-electron chi connectivity index (χ2n) is 10.1. The van der Waals surface area contributed by atoms with Crippen LogP contribution in [0.5, 0.6) is 11.5 Å². The second-order valence-corrected chi connectivity index (χ2v) is 10.1. The molecule has 38 heavy (non-hydrogen) atoms. The van der Waals surface area contributed by atoms with Crippen molar-refractivity contribution in [2.75, 3.05) is 33.0 Å². The summed E-state index contributed by atoms with van der Waals surface area (Å²) in [5, 5.41) is 20.3. The summed E-state index contributed by atoms with van der Waals surface area (Å²) in [7, 11) is 0. The van der Waals surface area contributed by atoms with E-state index in [2.05, 4.69) is 18.8 Å². The van der Waals surface area contributed by atoms with Crippen molar-refractivity contribution < 1.29 is 33.7 Å². The number of benzene rings is 1. The van der Waals surface area contributed by atoms with E-state index in [0.717, 1.165) is 31.2 Å². The number of aliphatic hydroxyl groups is 1. The summed E-state index contributed by atoms with van der Waals surface area (Å²) in [4.78, 5) is 34.4. The van der Waals surface area contributed by atoms with Gasteiger partial charge in [-0.3, -0.25) is 14.5 Å². The molecule has 0 spiro atoms. The summed E-state index contributed by atoms with van der Waals surface area (Å²) in [6.45, 7) is 5.99. The number of aryl methyl sites for hydroxylation is 1. The third-order valence-corrected chi connectivity index (χ3v) is 7.60. The number of aromatic nitrogens is 1. The van der Waals surface area contributed by atoms with Crippen LogP contribution in [0.25, 0.3) is 0 Å². The first-order valence-electron chi connectivity index (χ1n) is 13.6. The number of rotatable bonds is 14. The minimum atomic E-state index is -0.917. The Morgan fingerprint density at radius 1 is 1.16 bits per heavy atom. The predicted octanol–water partition coefficient (Wildman–Crippen LogP) is 3.43. The van der Waals surface area contributed by atoms with Crippen LogP contribution in [-0.2, 0) is 22.6 Å². The van der Waals surface area contributed by atoms with E-state index in [1.165, 1.54) is 6.26 Å². The van der Waals surface area contributed by atoms with Crippen LogP contribution in [0.4, 0.5) is 0 Å². The lowest BCUT2D eigenvalue weighted by atomic mass is 9.83. The molecule has 0 bridgehead atoms. The smallest absolute Gasteiger partial charge is 0.308 e. The zero-order valence-electron chi connectivity index (χ0n) is 22.3. The van der Waals surface area contributed by atoms with Crippen molar-refractivity contribution in [2.45, 2.75) is 70.9 Å². The van der Waals surface area contributed by atoms with Crippen LogP contribution in [0.15, 0.2) is 29.0 Å². The number of fused-ring (bicyclic) bond motifs is 1.